The number of piperazine rings is 1. The van der Waals surface area contributed by atoms with E-state index in [1.54, 1.807) is 4.90 Å². The van der Waals surface area contributed by atoms with E-state index in [4.69, 9.17) is 0 Å². The summed E-state index contributed by atoms with van der Waals surface area (Å²) < 4.78 is 1.11. The highest BCUT2D eigenvalue weighted by Gasteiger charge is 2.48. The Morgan fingerprint density at radius 1 is 1.10 bits per heavy atom. The summed E-state index contributed by atoms with van der Waals surface area (Å²) in [7, 11) is 0. The molecular weight excluding hydrogens is 390 g/mol. The Morgan fingerprint density at radius 2 is 1.83 bits per heavy atom. The predicted octanol–water partition coefficient (Wildman–Crippen LogP) is -0.480. The van der Waals surface area contributed by atoms with E-state index in [1.165, 1.54) is 18.0 Å². The van der Waals surface area contributed by atoms with Crippen LogP contribution in [0.25, 0.3) is 0 Å². The zero-order chi connectivity index (χ0) is 21.4. The highest BCUT2D eigenvalue weighted by molar-refractivity contribution is 6.04. The van der Waals surface area contributed by atoms with Gasteiger partial charge in [0.1, 0.15) is 12.7 Å². The molecule has 156 valence electrons. The average Bonchev–Trinajstić information content (AvgIpc) is 2.97. The van der Waals surface area contributed by atoms with Gasteiger partial charge < -0.3 is 9.80 Å². The molecule has 0 spiro atoms. The highest BCUT2D eigenvalue weighted by atomic mass is 16.2. The third-order valence-corrected chi connectivity index (χ3v) is 5.44. The Bertz CT molecular complexity index is 1120. The molecule has 2 saturated heterocycles. The number of benzene rings is 1. The second kappa shape index (κ2) is 7.62. The lowest BCUT2D eigenvalue weighted by Crippen LogP contribution is -2.55. The van der Waals surface area contributed by atoms with Crippen molar-refractivity contribution in [1.29, 1.82) is 0 Å². The van der Waals surface area contributed by atoms with Crippen LogP contribution in [0.15, 0.2) is 46.1 Å². The lowest BCUT2D eigenvalue weighted by atomic mass is 10.1. The zero-order valence-corrected chi connectivity index (χ0v) is 16.4. The molecule has 1 aromatic carbocycles. The number of aromatic amines is 1. The lowest BCUT2D eigenvalue weighted by molar-refractivity contribution is -0.136. The second-order valence-corrected chi connectivity index (χ2v) is 7.44. The fourth-order valence-electron chi connectivity index (χ4n) is 3.77. The third-order valence-electron chi connectivity index (χ3n) is 5.44. The molecule has 0 saturated carbocycles. The van der Waals surface area contributed by atoms with Crippen LogP contribution in [0.2, 0.25) is 0 Å². The maximum Gasteiger partial charge on any atom is 0.329 e. The highest BCUT2D eigenvalue weighted by Crippen LogP contribution is 2.23. The van der Waals surface area contributed by atoms with Crippen LogP contribution in [0.3, 0.4) is 0 Å². The fraction of sp³-hybridized carbons (Fsp3) is 0.350. The molecule has 1 unspecified atom stereocenters. The van der Waals surface area contributed by atoms with Crippen LogP contribution < -0.4 is 11.2 Å². The number of imide groups is 1. The third kappa shape index (κ3) is 3.51. The number of aromatic nitrogens is 2. The van der Waals surface area contributed by atoms with Gasteiger partial charge in [0.05, 0.1) is 13.0 Å². The number of hydrogen-bond acceptors (Lipinski definition) is 5. The first-order chi connectivity index (χ1) is 14.3. The van der Waals surface area contributed by atoms with Crippen molar-refractivity contribution >= 4 is 17.8 Å². The summed E-state index contributed by atoms with van der Waals surface area (Å²) in [5.41, 5.74) is -0.0339. The first-order valence-corrected chi connectivity index (χ1v) is 9.59. The summed E-state index contributed by atoms with van der Waals surface area (Å²) in [5.74, 6) is -0.569. The van der Waals surface area contributed by atoms with Gasteiger partial charge in [-0.1, -0.05) is 30.3 Å². The molecule has 0 radical (unpaired) electrons. The molecule has 3 heterocycles. The van der Waals surface area contributed by atoms with Crippen LogP contribution >= 0.6 is 0 Å². The largest absolute Gasteiger partial charge is 0.338 e. The molecule has 0 aliphatic carbocycles. The number of H-pyrrole nitrogens is 1. The van der Waals surface area contributed by atoms with Crippen LogP contribution in [-0.4, -0.2) is 67.8 Å². The standard InChI is InChI=1S/C20H21N5O5/c1-13-10-23(19(29)21-17(13)27)12-25-18(28)15-11-22(7-8-24(15)20(25)30)16(26)9-14-5-3-2-4-6-14/h2-6,10,15H,7-9,11-12H2,1H3,(H,21,27,29). The Labute approximate surface area is 171 Å². The molecule has 1 N–H and O–H groups in total. The van der Waals surface area contributed by atoms with E-state index in [1.807, 2.05) is 30.3 Å². The number of nitrogens with one attached hydrogen (secondary N) is 1. The van der Waals surface area contributed by atoms with Gasteiger partial charge in [-0.3, -0.25) is 23.9 Å². The van der Waals surface area contributed by atoms with Crippen molar-refractivity contribution in [2.24, 2.45) is 0 Å². The number of carbonyl (C=O) groups is 3. The van der Waals surface area contributed by atoms with E-state index < -0.39 is 29.2 Å². The van der Waals surface area contributed by atoms with Gasteiger partial charge in [0.15, 0.2) is 0 Å². The predicted molar refractivity (Wildman–Crippen MR) is 106 cm³/mol. The van der Waals surface area contributed by atoms with E-state index in [9.17, 15) is 24.0 Å². The van der Waals surface area contributed by atoms with Gasteiger partial charge in [-0.15, -0.1) is 0 Å². The minimum absolute atomic E-state index is 0.105. The topological polar surface area (TPSA) is 116 Å². The number of urea groups is 1. The molecule has 2 aliphatic heterocycles. The van der Waals surface area contributed by atoms with Crippen molar-refractivity contribution in [2.75, 3.05) is 19.6 Å². The smallest absolute Gasteiger partial charge is 0.329 e. The second-order valence-electron chi connectivity index (χ2n) is 7.44. The van der Waals surface area contributed by atoms with Crippen LogP contribution in [0.1, 0.15) is 11.1 Å². The van der Waals surface area contributed by atoms with E-state index in [0.717, 1.165) is 15.0 Å². The Hall–Kier alpha value is -3.69. The van der Waals surface area contributed by atoms with E-state index in [-0.39, 0.29) is 32.1 Å². The molecule has 2 aromatic rings. The van der Waals surface area contributed by atoms with Crippen LogP contribution in [0, 0.1) is 6.92 Å². The zero-order valence-electron chi connectivity index (χ0n) is 16.4. The lowest BCUT2D eigenvalue weighted by Gasteiger charge is -2.35. The van der Waals surface area contributed by atoms with Gasteiger partial charge in [-0.05, 0) is 12.5 Å². The number of hydrogen-bond donors (Lipinski definition) is 1. The van der Waals surface area contributed by atoms with Gasteiger partial charge in [0.2, 0.25) is 5.91 Å². The summed E-state index contributed by atoms with van der Waals surface area (Å²) in [5, 5.41) is 0. The number of aryl methyl sites for hydroxylation is 1. The quantitative estimate of drug-likeness (QED) is 0.683. The minimum Gasteiger partial charge on any atom is -0.338 e. The van der Waals surface area contributed by atoms with E-state index >= 15 is 0 Å². The van der Waals surface area contributed by atoms with Gasteiger partial charge in [0.25, 0.3) is 11.5 Å². The van der Waals surface area contributed by atoms with Gasteiger partial charge in [-0.25, -0.2) is 14.5 Å². The SMILES string of the molecule is Cc1cn(CN2C(=O)C3CN(C(=O)Cc4ccccc4)CCN3C2=O)c(=O)[nH]c1=O. The first kappa shape index (κ1) is 19.6. The molecule has 1 atom stereocenters. The van der Waals surface area contributed by atoms with Crippen molar-refractivity contribution < 1.29 is 14.4 Å². The van der Waals surface area contributed by atoms with Crippen molar-refractivity contribution in [3.63, 3.8) is 0 Å². The van der Waals surface area contributed by atoms with Crippen molar-refractivity contribution in [1.82, 2.24) is 24.3 Å². The van der Waals surface area contributed by atoms with Gasteiger partial charge in [-0.2, -0.15) is 0 Å². The molecule has 2 aliphatic rings. The molecule has 30 heavy (non-hydrogen) atoms. The summed E-state index contributed by atoms with van der Waals surface area (Å²) in [6.45, 7) is 1.94. The molecular formula is C20H21N5O5. The summed E-state index contributed by atoms with van der Waals surface area (Å²) in [4.78, 5) is 68.0. The summed E-state index contributed by atoms with van der Waals surface area (Å²) >= 11 is 0. The molecule has 0 bridgehead atoms. The molecule has 10 nitrogen and oxygen atoms in total. The summed E-state index contributed by atoms with van der Waals surface area (Å²) in [6, 6.07) is 8.05. The van der Waals surface area contributed by atoms with E-state index in [0.29, 0.717) is 12.1 Å². The number of nitrogens with zero attached hydrogens (tertiary/aromatic N) is 4. The van der Waals surface area contributed by atoms with Crippen molar-refractivity contribution in [3.8, 4) is 0 Å². The van der Waals surface area contributed by atoms with Gasteiger partial charge >= 0.3 is 11.7 Å². The van der Waals surface area contributed by atoms with E-state index in [2.05, 4.69) is 4.98 Å². The summed E-state index contributed by atoms with van der Waals surface area (Å²) in [6.07, 6.45) is 1.54. The first-order valence-electron chi connectivity index (χ1n) is 9.59. The monoisotopic (exact) mass is 411 g/mol. The Balaban J connectivity index is 1.48. The average molecular weight is 411 g/mol. The minimum atomic E-state index is -0.773. The van der Waals surface area contributed by atoms with Crippen molar-refractivity contribution in [2.45, 2.75) is 26.1 Å². The normalized spacial score (nSPS) is 18.7. The molecule has 10 heteroatoms. The molecule has 2 fully saturated rings. The Morgan fingerprint density at radius 3 is 2.57 bits per heavy atom. The fourth-order valence-corrected chi connectivity index (χ4v) is 3.77. The van der Waals surface area contributed by atoms with Gasteiger partial charge in [0, 0.05) is 24.8 Å². The van der Waals surface area contributed by atoms with Crippen LogP contribution in [-0.2, 0) is 22.7 Å². The van der Waals surface area contributed by atoms with Crippen LogP contribution in [0.5, 0.6) is 0 Å². The number of carbonyl (C=O) groups excluding carboxylic acids is 3. The molecule has 4 rings (SSSR count). The number of amides is 4. The van der Waals surface area contributed by atoms with Crippen molar-refractivity contribution in [3.05, 3.63) is 68.5 Å². The molecule has 1 aromatic heterocycles. The Kier molecular flexibility index (Phi) is 4.98. The van der Waals surface area contributed by atoms with Crippen LogP contribution in [0.4, 0.5) is 4.79 Å². The number of fused-ring (bicyclic) bond motifs is 1. The molecule has 4 amide bonds. The maximum atomic E-state index is 12.9. The number of rotatable bonds is 4. The maximum absolute atomic E-state index is 12.9.